The molecule has 1 aromatic heterocycles. The van der Waals surface area contributed by atoms with Crippen LogP contribution in [-0.2, 0) is 6.42 Å². The summed E-state index contributed by atoms with van der Waals surface area (Å²) in [7, 11) is 0. The SMILES string of the molecule is CCCOc1ccc(C(=O)O)c(OCCc2ccsc2)c1. The molecule has 112 valence electrons. The fourth-order valence-corrected chi connectivity index (χ4v) is 2.53. The zero-order valence-electron chi connectivity index (χ0n) is 11.9. The zero-order chi connectivity index (χ0) is 15.1. The first-order valence-corrected chi connectivity index (χ1v) is 7.79. The van der Waals surface area contributed by atoms with E-state index < -0.39 is 5.97 Å². The molecule has 0 saturated heterocycles. The Hall–Kier alpha value is -2.01. The van der Waals surface area contributed by atoms with Crippen molar-refractivity contribution in [2.24, 2.45) is 0 Å². The van der Waals surface area contributed by atoms with Gasteiger partial charge < -0.3 is 14.6 Å². The molecule has 0 saturated carbocycles. The Bertz CT molecular complexity index is 578. The minimum atomic E-state index is -0.998. The predicted octanol–water partition coefficient (Wildman–Crippen LogP) is 3.86. The number of ether oxygens (including phenoxy) is 2. The highest BCUT2D eigenvalue weighted by molar-refractivity contribution is 7.07. The van der Waals surface area contributed by atoms with E-state index in [1.165, 1.54) is 11.6 Å². The first-order valence-electron chi connectivity index (χ1n) is 6.84. The van der Waals surface area contributed by atoms with Crippen molar-refractivity contribution in [3.63, 3.8) is 0 Å². The van der Waals surface area contributed by atoms with Gasteiger partial charge in [0.2, 0.25) is 0 Å². The topological polar surface area (TPSA) is 55.8 Å². The van der Waals surface area contributed by atoms with E-state index in [2.05, 4.69) is 5.38 Å². The molecule has 0 aliphatic carbocycles. The quantitative estimate of drug-likeness (QED) is 0.804. The number of carbonyl (C=O) groups is 1. The molecule has 0 fully saturated rings. The summed E-state index contributed by atoms with van der Waals surface area (Å²) in [5.74, 6) is -0.0127. The third-order valence-electron chi connectivity index (χ3n) is 2.88. The van der Waals surface area contributed by atoms with Crippen LogP contribution in [0.1, 0.15) is 29.3 Å². The van der Waals surface area contributed by atoms with Gasteiger partial charge in [0.25, 0.3) is 0 Å². The number of carboxylic acid groups (broad SMARTS) is 1. The van der Waals surface area contributed by atoms with E-state index in [1.54, 1.807) is 23.5 Å². The molecule has 0 radical (unpaired) electrons. The molecule has 1 aromatic carbocycles. The maximum atomic E-state index is 11.2. The van der Waals surface area contributed by atoms with Crippen molar-refractivity contribution in [3.8, 4) is 11.5 Å². The molecule has 2 rings (SSSR count). The normalized spacial score (nSPS) is 10.3. The molecular weight excluding hydrogens is 288 g/mol. The number of hydrogen-bond donors (Lipinski definition) is 1. The molecular formula is C16H18O4S. The summed E-state index contributed by atoms with van der Waals surface area (Å²) >= 11 is 1.64. The maximum Gasteiger partial charge on any atom is 0.339 e. The van der Waals surface area contributed by atoms with Crippen molar-refractivity contribution in [3.05, 3.63) is 46.2 Å². The highest BCUT2D eigenvalue weighted by Crippen LogP contribution is 2.25. The van der Waals surface area contributed by atoms with Crippen molar-refractivity contribution in [2.45, 2.75) is 19.8 Å². The van der Waals surface area contributed by atoms with Crippen LogP contribution in [0.5, 0.6) is 11.5 Å². The third kappa shape index (κ3) is 4.49. The van der Waals surface area contributed by atoms with Gasteiger partial charge in [-0.2, -0.15) is 11.3 Å². The summed E-state index contributed by atoms with van der Waals surface area (Å²) in [5.41, 5.74) is 1.35. The van der Waals surface area contributed by atoms with Crippen molar-refractivity contribution < 1.29 is 19.4 Å². The molecule has 0 bridgehead atoms. The lowest BCUT2D eigenvalue weighted by Gasteiger charge is -2.11. The lowest BCUT2D eigenvalue weighted by Crippen LogP contribution is -2.07. The molecule has 1 N–H and O–H groups in total. The van der Waals surface area contributed by atoms with Crippen LogP contribution in [0.2, 0.25) is 0 Å². The van der Waals surface area contributed by atoms with Crippen molar-refractivity contribution in [1.82, 2.24) is 0 Å². The number of thiophene rings is 1. The number of rotatable bonds is 8. The molecule has 5 heteroatoms. The molecule has 0 atom stereocenters. The van der Waals surface area contributed by atoms with Gasteiger partial charge in [-0.25, -0.2) is 4.79 Å². The average molecular weight is 306 g/mol. The standard InChI is InChI=1S/C16H18O4S/c1-2-7-19-13-3-4-14(16(17)18)15(10-13)20-8-5-12-6-9-21-11-12/h3-4,6,9-11H,2,5,7-8H2,1H3,(H,17,18). The van der Waals surface area contributed by atoms with Gasteiger partial charge >= 0.3 is 5.97 Å². The van der Waals surface area contributed by atoms with Crippen LogP contribution < -0.4 is 9.47 Å². The van der Waals surface area contributed by atoms with Crippen LogP contribution in [0.25, 0.3) is 0 Å². The lowest BCUT2D eigenvalue weighted by atomic mass is 10.2. The Morgan fingerprint density at radius 1 is 1.24 bits per heavy atom. The largest absolute Gasteiger partial charge is 0.493 e. The van der Waals surface area contributed by atoms with Crippen molar-refractivity contribution in [1.29, 1.82) is 0 Å². The second-order valence-corrected chi connectivity index (χ2v) is 5.32. The van der Waals surface area contributed by atoms with E-state index in [1.807, 2.05) is 18.4 Å². The monoisotopic (exact) mass is 306 g/mol. The van der Waals surface area contributed by atoms with E-state index in [0.717, 1.165) is 12.8 Å². The molecule has 4 nitrogen and oxygen atoms in total. The van der Waals surface area contributed by atoms with Gasteiger partial charge in [-0.05, 0) is 40.9 Å². The summed E-state index contributed by atoms with van der Waals surface area (Å²) < 4.78 is 11.1. The van der Waals surface area contributed by atoms with Crippen LogP contribution in [0.4, 0.5) is 0 Å². The summed E-state index contributed by atoms with van der Waals surface area (Å²) in [4.78, 5) is 11.2. The van der Waals surface area contributed by atoms with E-state index >= 15 is 0 Å². The van der Waals surface area contributed by atoms with Crippen LogP contribution in [-0.4, -0.2) is 24.3 Å². The summed E-state index contributed by atoms with van der Waals surface area (Å²) in [6.07, 6.45) is 1.65. The number of aromatic carboxylic acids is 1. The van der Waals surface area contributed by atoms with Gasteiger partial charge in [-0.15, -0.1) is 0 Å². The van der Waals surface area contributed by atoms with E-state index in [9.17, 15) is 9.90 Å². The second kappa shape index (κ2) is 7.69. The minimum absolute atomic E-state index is 0.157. The van der Waals surface area contributed by atoms with Gasteiger partial charge in [0.1, 0.15) is 17.1 Å². The molecule has 2 aromatic rings. The fourth-order valence-electron chi connectivity index (χ4n) is 1.82. The molecule has 0 unspecified atom stereocenters. The summed E-state index contributed by atoms with van der Waals surface area (Å²) in [5, 5.41) is 13.3. The Morgan fingerprint density at radius 3 is 2.76 bits per heavy atom. The molecule has 0 spiro atoms. The summed E-state index contributed by atoms with van der Waals surface area (Å²) in [6.45, 7) is 3.05. The lowest BCUT2D eigenvalue weighted by molar-refractivity contribution is 0.0692. The zero-order valence-corrected chi connectivity index (χ0v) is 12.7. The molecule has 0 aliphatic heterocycles. The summed E-state index contributed by atoms with van der Waals surface area (Å²) in [6, 6.07) is 6.86. The smallest absolute Gasteiger partial charge is 0.339 e. The van der Waals surface area contributed by atoms with Crippen molar-refractivity contribution in [2.75, 3.05) is 13.2 Å². The Balaban J connectivity index is 2.04. The maximum absolute atomic E-state index is 11.2. The highest BCUT2D eigenvalue weighted by atomic mass is 32.1. The predicted molar refractivity (Wildman–Crippen MR) is 82.7 cm³/mol. The number of hydrogen-bond acceptors (Lipinski definition) is 4. The van der Waals surface area contributed by atoms with Gasteiger partial charge in [-0.3, -0.25) is 0 Å². The van der Waals surface area contributed by atoms with Crippen LogP contribution in [0.15, 0.2) is 35.0 Å². The number of carboxylic acids is 1. The van der Waals surface area contributed by atoms with E-state index in [-0.39, 0.29) is 5.56 Å². The molecule has 0 amide bonds. The Kier molecular flexibility index (Phi) is 5.63. The fraction of sp³-hybridized carbons (Fsp3) is 0.312. The first kappa shape index (κ1) is 15.4. The average Bonchev–Trinajstić information content (AvgIpc) is 2.98. The molecule has 21 heavy (non-hydrogen) atoms. The van der Waals surface area contributed by atoms with Gasteiger partial charge in [0.15, 0.2) is 0 Å². The molecule has 1 heterocycles. The van der Waals surface area contributed by atoms with E-state index in [0.29, 0.717) is 24.7 Å². The minimum Gasteiger partial charge on any atom is -0.493 e. The van der Waals surface area contributed by atoms with Crippen LogP contribution >= 0.6 is 11.3 Å². The van der Waals surface area contributed by atoms with Gasteiger partial charge in [0.05, 0.1) is 13.2 Å². The van der Waals surface area contributed by atoms with Crippen LogP contribution in [0.3, 0.4) is 0 Å². The first-order chi connectivity index (χ1) is 10.2. The Labute approximate surface area is 128 Å². The Morgan fingerprint density at radius 2 is 2.10 bits per heavy atom. The highest BCUT2D eigenvalue weighted by Gasteiger charge is 2.12. The molecule has 0 aliphatic rings. The van der Waals surface area contributed by atoms with Gasteiger partial charge in [-0.1, -0.05) is 6.92 Å². The second-order valence-electron chi connectivity index (χ2n) is 4.54. The van der Waals surface area contributed by atoms with Gasteiger partial charge in [0, 0.05) is 12.5 Å². The van der Waals surface area contributed by atoms with Crippen LogP contribution in [0, 0.1) is 0 Å². The van der Waals surface area contributed by atoms with E-state index in [4.69, 9.17) is 9.47 Å². The van der Waals surface area contributed by atoms with Crippen molar-refractivity contribution >= 4 is 17.3 Å². The number of benzene rings is 1. The third-order valence-corrected chi connectivity index (χ3v) is 3.62.